The number of thiocarbonyl (C=S) groups is 1. The molecule has 0 radical (unpaired) electrons. The van der Waals surface area contributed by atoms with Crippen LogP contribution in [0.5, 0.6) is 0 Å². The molecule has 1 fully saturated rings. The second-order valence-corrected chi connectivity index (χ2v) is 8.53. The van der Waals surface area contributed by atoms with E-state index >= 15 is 0 Å². The van der Waals surface area contributed by atoms with Gasteiger partial charge in [0.2, 0.25) is 5.91 Å². The molecule has 8 heteroatoms. The van der Waals surface area contributed by atoms with Gasteiger partial charge in [0.1, 0.15) is 4.32 Å². The van der Waals surface area contributed by atoms with Crippen LogP contribution in [0.3, 0.4) is 0 Å². The van der Waals surface area contributed by atoms with Gasteiger partial charge in [-0.2, -0.15) is 0 Å². The number of hydrogen-bond acceptors (Lipinski definition) is 4. The van der Waals surface area contributed by atoms with E-state index in [-0.39, 0.29) is 18.2 Å². The quantitative estimate of drug-likeness (QED) is 0.458. The molecule has 1 N–H and O–H groups in total. The molecule has 0 aliphatic carbocycles. The molecule has 1 aliphatic rings. The van der Waals surface area contributed by atoms with E-state index in [0.717, 1.165) is 5.56 Å². The van der Waals surface area contributed by atoms with Crippen LogP contribution in [-0.4, -0.2) is 27.6 Å². The zero-order valence-corrected chi connectivity index (χ0v) is 17.8. The van der Waals surface area contributed by atoms with Crippen molar-refractivity contribution in [2.45, 2.75) is 12.8 Å². The monoisotopic (exact) mass is 450 g/mol. The lowest BCUT2D eigenvalue weighted by Gasteiger charge is -2.14. The molecule has 0 saturated carbocycles. The first-order valence-corrected chi connectivity index (χ1v) is 10.5. The molecule has 0 atom stereocenters. The molecule has 1 aliphatic heterocycles. The Hall–Kier alpha value is -1.86. The number of benzene rings is 2. The normalized spacial score (nSPS) is 15.4. The summed E-state index contributed by atoms with van der Waals surface area (Å²) in [6, 6.07) is 14.2. The summed E-state index contributed by atoms with van der Waals surface area (Å²) < 4.78 is 0.487. The van der Waals surface area contributed by atoms with Crippen molar-refractivity contribution >= 4 is 75.1 Å². The first kappa shape index (κ1) is 20.9. The summed E-state index contributed by atoms with van der Waals surface area (Å²) >= 11 is 18.5. The summed E-state index contributed by atoms with van der Waals surface area (Å²) in [5.41, 5.74) is 1.45. The molecule has 28 heavy (non-hydrogen) atoms. The van der Waals surface area contributed by atoms with Gasteiger partial charge in [-0.25, -0.2) is 0 Å². The van der Waals surface area contributed by atoms with Crippen LogP contribution in [0.2, 0.25) is 10.0 Å². The third-order valence-electron chi connectivity index (χ3n) is 3.98. The average molecular weight is 451 g/mol. The van der Waals surface area contributed by atoms with Gasteiger partial charge in [-0.1, -0.05) is 65.4 Å². The Balaban J connectivity index is 1.54. The maximum absolute atomic E-state index is 12.6. The molecule has 0 unspecified atom stereocenters. The molecular weight excluding hydrogens is 435 g/mol. The van der Waals surface area contributed by atoms with Crippen LogP contribution >= 0.6 is 47.2 Å². The Morgan fingerprint density at radius 2 is 1.86 bits per heavy atom. The van der Waals surface area contributed by atoms with Crippen molar-refractivity contribution in [3.63, 3.8) is 0 Å². The highest BCUT2D eigenvalue weighted by Gasteiger charge is 2.31. The third-order valence-corrected chi connectivity index (χ3v) is 5.95. The Morgan fingerprint density at radius 1 is 1.14 bits per heavy atom. The summed E-state index contributed by atoms with van der Waals surface area (Å²) in [6.07, 6.45) is 2.53. The number of hydrogen-bond donors (Lipinski definition) is 1. The number of nitrogens with one attached hydrogen (secondary N) is 1. The molecular formula is C20H16Cl2N2O2S2. The molecule has 1 saturated heterocycles. The lowest BCUT2D eigenvalue weighted by Crippen LogP contribution is -2.29. The molecule has 144 valence electrons. The lowest BCUT2D eigenvalue weighted by atomic mass is 10.2. The van der Waals surface area contributed by atoms with Crippen molar-refractivity contribution in [2.24, 2.45) is 0 Å². The van der Waals surface area contributed by atoms with Crippen LogP contribution in [0.4, 0.5) is 5.69 Å². The van der Waals surface area contributed by atoms with Crippen molar-refractivity contribution in [3.8, 4) is 0 Å². The van der Waals surface area contributed by atoms with Crippen LogP contribution in [0.1, 0.15) is 18.4 Å². The number of thioether (sulfide) groups is 1. The van der Waals surface area contributed by atoms with Gasteiger partial charge in [-0.3, -0.25) is 14.5 Å². The third kappa shape index (κ3) is 5.35. The van der Waals surface area contributed by atoms with Crippen LogP contribution in [0.25, 0.3) is 6.08 Å². The number of halogens is 2. The first-order valence-electron chi connectivity index (χ1n) is 8.49. The molecule has 2 aromatic carbocycles. The second kappa shape index (κ2) is 9.56. The van der Waals surface area contributed by atoms with Crippen LogP contribution in [0.15, 0.2) is 53.4 Å². The fraction of sp³-hybridized carbons (Fsp3) is 0.150. The number of carbonyl (C=O) groups excluding carboxylic acids is 2. The minimum Gasteiger partial charge on any atom is -0.326 e. The predicted octanol–water partition coefficient (Wildman–Crippen LogP) is 5.61. The van der Waals surface area contributed by atoms with Crippen molar-refractivity contribution in [2.75, 3.05) is 11.9 Å². The van der Waals surface area contributed by atoms with Gasteiger partial charge < -0.3 is 5.32 Å². The zero-order chi connectivity index (χ0) is 20.1. The molecule has 2 aromatic rings. The fourth-order valence-corrected chi connectivity index (χ4v) is 4.20. The van der Waals surface area contributed by atoms with Gasteiger partial charge in [-0.05, 0) is 48.4 Å². The summed E-state index contributed by atoms with van der Waals surface area (Å²) in [7, 11) is 0. The summed E-state index contributed by atoms with van der Waals surface area (Å²) in [5.74, 6) is -0.285. The SMILES string of the molecule is O=C(CCCN1C(=O)/C(=C/c2ccccc2Cl)SC1=S)Nc1ccc(Cl)cc1. The predicted molar refractivity (Wildman–Crippen MR) is 121 cm³/mol. The Morgan fingerprint density at radius 3 is 2.57 bits per heavy atom. The van der Waals surface area contributed by atoms with Crippen LogP contribution < -0.4 is 5.32 Å². The van der Waals surface area contributed by atoms with Crippen LogP contribution in [-0.2, 0) is 9.59 Å². The van der Waals surface area contributed by atoms with Crippen molar-refractivity contribution < 1.29 is 9.59 Å². The van der Waals surface area contributed by atoms with E-state index in [1.54, 1.807) is 36.4 Å². The minimum atomic E-state index is -0.159. The Kier molecular flexibility index (Phi) is 7.13. The van der Waals surface area contributed by atoms with Gasteiger partial charge in [0.25, 0.3) is 5.91 Å². The Labute approximate surface area is 182 Å². The van der Waals surface area contributed by atoms with Crippen molar-refractivity contribution in [1.29, 1.82) is 0 Å². The summed E-state index contributed by atoms with van der Waals surface area (Å²) in [4.78, 5) is 26.7. The maximum atomic E-state index is 12.6. The summed E-state index contributed by atoms with van der Waals surface area (Å²) in [6.45, 7) is 0.387. The van der Waals surface area contributed by atoms with Gasteiger partial charge >= 0.3 is 0 Å². The molecule has 3 rings (SSSR count). The minimum absolute atomic E-state index is 0.126. The lowest BCUT2D eigenvalue weighted by molar-refractivity contribution is -0.122. The molecule has 0 spiro atoms. The largest absolute Gasteiger partial charge is 0.326 e. The molecule has 1 heterocycles. The maximum Gasteiger partial charge on any atom is 0.266 e. The molecule has 0 bridgehead atoms. The van der Waals surface area contributed by atoms with Crippen molar-refractivity contribution in [1.82, 2.24) is 4.90 Å². The standard InChI is InChI=1S/C20H16Cl2N2O2S2/c21-14-7-9-15(10-8-14)23-18(25)6-3-11-24-19(26)17(28-20(24)27)12-13-4-1-2-5-16(13)22/h1-2,4-5,7-10,12H,3,6,11H2,(H,23,25)/b17-12-. The average Bonchev–Trinajstić information content (AvgIpc) is 2.93. The van der Waals surface area contributed by atoms with Crippen LogP contribution in [0, 0.1) is 0 Å². The van der Waals surface area contributed by atoms with E-state index in [0.29, 0.717) is 37.9 Å². The van der Waals surface area contributed by atoms with E-state index < -0.39 is 0 Å². The number of amides is 2. The highest BCUT2D eigenvalue weighted by atomic mass is 35.5. The smallest absolute Gasteiger partial charge is 0.266 e. The van der Waals surface area contributed by atoms with E-state index in [2.05, 4.69) is 5.32 Å². The van der Waals surface area contributed by atoms with Gasteiger partial charge in [0, 0.05) is 28.7 Å². The second-order valence-electron chi connectivity index (χ2n) is 6.01. The molecule has 0 aromatic heterocycles. The number of anilines is 1. The van der Waals surface area contributed by atoms with Gasteiger partial charge in [0.05, 0.1) is 4.91 Å². The highest BCUT2D eigenvalue weighted by Crippen LogP contribution is 2.33. The molecule has 2 amide bonds. The molecule has 4 nitrogen and oxygen atoms in total. The van der Waals surface area contributed by atoms with Gasteiger partial charge in [0.15, 0.2) is 0 Å². The number of rotatable bonds is 6. The number of nitrogens with zero attached hydrogens (tertiary/aromatic N) is 1. The van der Waals surface area contributed by atoms with E-state index in [9.17, 15) is 9.59 Å². The zero-order valence-electron chi connectivity index (χ0n) is 14.7. The fourth-order valence-electron chi connectivity index (χ4n) is 2.58. The van der Waals surface area contributed by atoms with E-state index in [1.165, 1.54) is 16.7 Å². The van der Waals surface area contributed by atoms with E-state index in [4.69, 9.17) is 35.4 Å². The highest BCUT2D eigenvalue weighted by molar-refractivity contribution is 8.26. The summed E-state index contributed by atoms with van der Waals surface area (Å²) in [5, 5.41) is 3.98. The Bertz CT molecular complexity index is 945. The van der Waals surface area contributed by atoms with E-state index in [1.807, 2.05) is 18.2 Å². The van der Waals surface area contributed by atoms with Gasteiger partial charge in [-0.15, -0.1) is 0 Å². The van der Waals surface area contributed by atoms with Crippen molar-refractivity contribution in [3.05, 3.63) is 69.0 Å². The topological polar surface area (TPSA) is 49.4 Å². The first-order chi connectivity index (χ1) is 13.4. The number of carbonyl (C=O) groups is 2.